The lowest BCUT2D eigenvalue weighted by Gasteiger charge is -2.30. The van der Waals surface area contributed by atoms with Crippen LogP contribution >= 0.6 is 0 Å². The lowest BCUT2D eigenvalue weighted by atomic mass is 9.97. The van der Waals surface area contributed by atoms with Gasteiger partial charge in [0.15, 0.2) is 0 Å². The highest BCUT2D eigenvalue weighted by Gasteiger charge is 2.39. The van der Waals surface area contributed by atoms with Crippen molar-refractivity contribution < 1.29 is 33.9 Å². The van der Waals surface area contributed by atoms with Crippen LogP contribution in [0, 0.1) is 5.92 Å². The standard InChI is InChI=1S/C19H32N6O7/c1-3-9(2)15(17(29)23-11(19(31)32)8-14(22)27)24-16(28)12-5-4-6-25(12)18(30)10(20)7-13(21)26/h9-12,15H,3-8,20H2,1-2H3,(H2,21,26)(H2,22,27)(H,23,29)(H,24,28)(H,31,32). The number of likely N-dealkylation sites (tertiary alicyclic amines) is 1. The van der Waals surface area contributed by atoms with Crippen LogP contribution in [-0.2, 0) is 28.8 Å². The first kappa shape index (κ1) is 26.8. The molecule has 1 fully saturated rings. The molecule has 1 heterocycles. The molecule has 32 heavy (non-hydrogen) atoms. The Balaban J connectivity index is 2.96. The summed E-state index contributed by atoms with van der Waals surface area (Å²) in [6.45, 7) is 3.72. The summed E-state index contributed by atoms with van der Waals surface area (Å²) in [5, 5.41) is 14.0. The predicted octanol–water partition coefficient (Wildman–Crippen LogP) is -2.84. The van der Waals surface area contributed by atoms with Gasteiger partial charge in [-0.15, -0.1) is 0 Å². The van der Waals surface area contributed by atoms with E-state index >= 15 is 0 Å². The first-order chi connectivity index (χ1) is 14.9. The number of carboxylic acid groups (broad SMARTS) is 1. The van der Waals surface area contributed by atoms with Crippen molar-refractivity contribution in [1.82, 2.24) is 15.5 Å². The van der Waals surface area contributed by atoms with Crippen molar-refractivity contribution in [3.05, 3.63) is 0 Å². The number of amides is 5. The highest BCUT2D eigenvalue weighted by molar-refractivity contribution is 5.96. The van der Waals surface area contributed by atoms with Gasteiger partial charge in [-0.2, -0.15) is 0 Å². The summed E-state index contributed by atoms with van der Waals surface area (Å²) in [4.78, 5) is 72.9. The van der Waals surface area contributed by atoms with Crippen LogP contribution in [0.3, 0.4) is 0 Å². The SMILES string of the molecule is CCC(C)C(NC(=O)C1CCCN1C(=O)C(N)CC(N)=O)C(=O)NC(CC(N)=O)C(=O)O. The molecule has 13 nitrogen and oxygen atoms in total. The molecule has 0 aromatic carbocycles. The summed E-state index contributed by atoms with van der Waals surface area (Å²) >= 11 is 0. The minimum atomic E-state index is -1.54. The molecule has 1 aliphatic rings. The number of carboxylic acids is 1. The minimum absolute atomic E-state index is 0.253. The lowest BCUT2D eigenvalue weighted by molar-refractivity contribution is -0.144. The largest absolute Gasteiger partial charge is 0.480 e. The molecule has 0 radical (unpaired) electrons. The first-order valence-corrected chi connectivity index (χ1v) is 10.3. The van der Waals surface area contributed by atoms with Crippen LogP contribution in [0.25, 0.3) is 0 Å². The van der Waals surface area contributed by atoms with Gasteiger partial charge in [-0.05, 0) is 18.8 Å². The number of nitrogens with two attached hydrogens (primary N) is 3. The zero-order chi connectivity index (χ0) is 24.6. The average Bonchev–Trinajstić information content (AvgIpc) is 3.18. The van der Waals surface area contributed by atoms with Crippen LogP contribution < -0.4 is 27.8 Å². The molecule has 1 saturated heterocycles. The number of nitrogens with zero attached hydrogens (tertiary/aromatic N) is 1. The van der Waals surface area contributed by atoms with Crippen molar-refractivity contribution in [2.75, 3.05) is 6.54 Å². The molecule has 0 aromatic rings. The third-order valence-corrected chi connectivity index (χ3v) is 5.39. The van der Waals surface area contributed by atoms with E-state index in [-0.39, 0.29) is 18.9 Å². The van der Waals surface area contributed by atoms with E-state index in [0.29, 0.717) is 19.3 Å². The van der Waals surface area contributed by atoms with Gasteiger partial charge in [0.1, 0.15) is 18.1 Å². The van der Waals surface area contributed by atoms with E-state index < -0.39 is 66.1 Å². The summed E-state index contributed by atoms with van der Waals surface area (Å²) in [6, 6.07) is -4.74. The molecule has 0 bridgehead atoms. The molecule has 5 unspecified atom stereocenters. The van der Waals surface area contributed by atoms with Gasteiger partial charge in [-0.1, -0.05) is 20.3 Å². The summed E-state index contributed by atoms with van der Waals surface area (Å²) in [5.41, 5.74) is 15.8. The molecular weight excluding hydrogens is 424 g/mol. The van der Waals surface area contributed by atoms with E-state index in [0.717, 1.165) is 0 Å². The number of hydrogen-bond donors (Lipinski definition) is 6. The normalized spacial score (nSPS) is 19.3. The molecule has 9 N–H and O–H groups in total. The predicted molar refractivity (Wildman–Crippen MR) is 111 cm³/mol. The number of carbonyl (C=O) groups is 6. The fraction of sp³-hybridized carbons (Fsp3) is 0.684. The Morgan fingerprint density at radius 2 is 1.66 bits per heavy atom. The van der Waals surface area contributed by atoms with Crippen molar-refractivity contribution in [2.24, 2.45) is 23.1 Å². The Morgan fingerprint density at radius 3 is 2.16 bits per heavy atom. The highest BCUT2D eigenvalue weighted by atomic mass is 16.4. The third-order valence-electron chi connectivity index (χ3n) is 5.39. The van der Waals surface area contributed by atoms with Crippen LogP contribution in [-0.4, -0.2) is 76.2 Å². The summed E-state index contributed by atoms with van der Waals surface area (Å²) in [5.74, 6) is -5.48. The monoisotopic (exact) mass is 456 g/mol. The van der Waals surface area contributed by atoms with Crippen molar-refractivity contribution >= 4 is 35.5 Å². The average molecular weight is 457 g/mol. The Hall–Kier alpha value is -3.22. The van der Waals surface area contributed by atoms with Gasteiger partial charge >= 0.3 is 5.97 Å². The first-order valence-electron chi connectivity index (χ1n) is 10.3. The molecule has 1 aliphatic heterocycles. The minimum Gasteiger partial charge on any atom is -0.480 e. The number of rotatable bonds is 12. The number of hydrogen-bond acceptors (Lipinski definition) is 7. The number of nitrogens with one attached hydrogen (secondary N) is 2. The van der Waals surface area contributed by atoms with Gasteiger partial charge in [0.25, 0.3) is 0 Å². The van der Waals surface area contributed by atoms with Crippen LogP contribution in [0.1, 0.15) is 46.0 Å². The number of primary amides is 2. The summed E-state index contributed by atoms with van der Waals surface area (Å²) in [6.07, 6.45) is 0.355. The molecule has 0 aliphatic carbocycles. The summed E-state index contributed by atoms with van der Waals surface area (Å²) < 4.78 is 0. The molecule has 13 heteroatoms. The van der Waals surface area contributed by atoms with E-state index in [1.54, 1.807) is 13.8 Å². The molecule has 1 rings (SSSR count). The topological polar surface area (TPSA) is 228 Å². The summed E-state index contributed by atoms with van der Waals surface area (Å²) in [7, 11) is 0. The van der Waals surface area contributed by atoms with Gasteiger partial charge in [0, 0.05) is 6.54 Å². The fourth-order valence-corrected chi connectivity index (χ4v) is 3.43. The molecular formula is C19H32N6O7. The van der Waals surface area contributed by atoms with Crippen molar-refractivity contribution in [2.45, 2.75) is 70.1 Å². The van der Waals surface area contributed by atoms with E-state index in [1.807, 2.05) is 0 Å². The Morgan fingerprint density at radius 1 is 1.06 bits per heavy atom. The Kier molecular flexibility index (Phi) is 10.0. The number of aliphatic carboxylic acids is 1. The van der Waals surface area contributed by atoms with Gasteiger partial charge < -0.3 is 37.8 Å². The van der Waals surface area contributed by atoms with E-state index in [2.05, 4.69) is 10.6 Å². The molecule has 5 amide bonds. The molecule has 5 atom stereocenters. The van der Waals surface area contributed by atoms with Gasteiger partial charge in [0.2, 0.25) is 29.5 Å². The maximum atomic E-state index is 12.9. The Bertz CT molecular complexity index is 758. The third kappa shape index (κ3) is 7.48. The van der Waals surface area contributed by atoms with Crippen molar-refractivity contribution in [3.63, 3.8) is 0 Å². The zero-order valence-electron chi connectivity index (χ0n) is 18.2. The van der Waals surface area contributed by atoms with E-state index in [9.17, 15) is 33.9 Å². The maximum absolute atomic E-state index is 12.9. The van der Waals surface area contributed by atoms with Crippen molar-refractivity contribution in [1.29, 1.82) is 0 Å². The second-order valence-electron chi connectivity index (χ2n) is 7.91. The van der Waals surface area contributed by atoms with E-state index in [4.69, 9.17) is 17.2 Å². The smallest absolute Gasteiger partial charge is 0.326 e. The van der Waals surface area contributed by atoms with Crippen LogP contribution in [0.4, 0.5) is 0 Å². The maximum Gasteiger partial charge on any atom is 0.326 e. The second-order valence-corrected chi connectivity index (χ2v) is 7.91. The quantitative estimate of drug-likeness (QED) is 0.179. The number of carbonyl (C=O) groups excluding carboxylic acids is 5. The van der Waals surface area contributed by atoms with Crippen LogP contribution in [0.2, 0.25) is 0 Å². The molecule has 0 aromatic heterocycles. The molecule has 0 saturated carbocycles. The highest BCUT2D eigenvalue weighted by Crippen LogP contribution is 2.20. The fourth-order valence-electron chi connectivity index (χ4n) is 3.43. The van der Waals surface area contributed by atoms with Gasteiger partial charge in [-0.3, -0.25) is 24.0 Å². The van der Waals surface area contributed by atoms with Crippen LogP contribution in [0.15, 0.2) is 0 Å². The second kappa shape index (κ2) is 12.0. The van der Waals surface area contributed by atoms with Gasteiger partial charge in [-0.25, -0.2) is 4.79 Å². The molecule has 0 spiro atoms. The molecule has 180 valence electrons. The van der Waals surface area contributed by atoms with Gasteiger partial charge in [0.05, 0.1) is 18.9 Å². The van der Waals surface area contributed by atoms with Crippen LogP contribution in [0.5, 0.6) is 0 Å². The lowest BCUT2D eigenvalue weighted by Crippen LogP contribution is -2.58. The Labute approximate surface area is 185 Å². The van der Waals surface area contributed by atoms with E-state index in [1.165, 1.54) is 4.90 Å². The zero-order valence-corrected chi connectivity index (χ0v) is 18.2. The van der Waals surface area contributed by atoms with Crippen molar-refractivity contribution in [3.8, 4) is 0 Å².